The van der Waals surface area contributed by atoms with Gasteiger partial charge < -0.3 is 15.4 Å². The molecule has 134 valence electrons. The van der Waals surface area contributed by atoms with Crippen LogP contribution in [0.15, 0.2) is 6.07 Å². The van der Waals surface area contributed by atoms with Crippen molar-refractivity contribution >= 4 is 34.1 Å². The van der Waals surface area contributed by atoms with E-state index in [2.05, 4.69) is 10.6 Å². The monoisotopic (exact) mass is 354 g/mol. The number of hydrogen-bond acceptors (Lipinski definition) is 5. The van der Waals surface area contributed by atoms with Gasteiger partial charge in [-0.15, -0.1) is 11.3 Å². The standard InChI is InChI=1S/C17H26N2O4S/c1-10-8-12(18-15(22)16(2,3)4)24-13(10)14(21)23-9-11(20)19-17(5,6)7/h8H,9H2,1-7H3,(H,18,22)(H,19,20). The number of rotatable bonds is 4. The molecule has 24 heavy (non-hydrogen) atoms. The Morgan fingerprint density at radius 3 is 2.21 bits per heavy atom. The Morgan fingerprint density at radius 1 is 1.12 bits per heavy atom. The lowest BCUT2D eigenvalue weighted by Gasteiger charge is -2.20. The van der Waals surface area contributed by atoms with E-state index in [1.165, 1.54) is 0 Å². The second-order valence-electron chi connectivity index (χ2n) is 7.70. The highest BCUT2D eigenvalue weighted by molar-refractivity contribution is 7.18. The zero-order valence-corrected chi connectivity index (χ0v) is 16.1. The van der Waals surface area contributed by atoms with Crippen LogP contribution < -0.4 is 10.6 Å². The van der Waals surface area contributed by atoms with Crippen molar-refractivity contribution < 1.29 is 19.1 Å². The first-order chi connectivity index (χ1) is 10.8. The number of amides is 2. The van der Waals surface area contributed by atoms with Gasteiger partial charge in [-0.1, -0.05) is 20.8 Å². The van der Waals surface area contributed by atoms with Crippen LogP contribution in [0.2, 0.25) is 0 Å². The second kappa shape index (κ2) is 7.34. The van der Waals surface area contributed by atoms with Crippen LogP contribution in [0.4, 0.5) is 5.00 Å². The molecule has 0 saturated heterocycles. The molecule has 2 amide bonds. The van der Waals surface area contributed by atoms with Gasteiger partial charge >= 0.3 is 5.97 Å². The highest BCUT2D eigenvalue weighted by atomic mass is 32.1. The van der Waals surface area contributed by atoms with Crippen molar-refractivity contribution in [2.45, 2.75) is 54.0 Å². The first-order valence-corrected chi connectivity index (χ1v) is 8.51. The maximum absolute atomic E-state index is 12.1. The van der Waals surface area contributed by atoms with E-state index < -0.39 is 11.4 Å². The molecule has 0 fully saturated rings. The van der Waals surface area contributed by atoms with Crippen LogP contribution in [0.1, 0.15) is 56.8 Å². The van der Waals surface area contributed by atoms with Gasteiger partial charge in [0.05, 0.1) is 5.00 Å². The molecule has 0 aliphatic rings. The highest BCUT2D eigenvalue weighted by Gasteiger charge is 2.23. The fourth-order valence-corrected chi connectivity index (χ4v) is 2.66. The molecule has 0 aromatic carbocycles. The Hall–Kier alpha value is -1.89. The minimum Gasteiger partial charge on any atom is -0.451 e. The van der Waals surface area contributed by atoms with E-state index in [1.807, 2.05) is 41.5 Å². The van der Waals surface area contributed by atoms with Crippen LogP contribution >= 0.6 is 11.3 Å². The summed E-state index contributed by atoms with van der Waals surface area (Å²) in [7, 11) is 0. The lowest BCUT2D eigenvalue weighted by molar-refractivity contribution is -0.125. The third-order valence-corrected chi connectivity index (χ3v) is 4.00. The molecular weight excluding hydrogens is 328 g/mol. The van der Waals surface area contributed by atoms with Crippen molar-refractivity contribution in [3.8, 4) is 0 Å². The average Bonchev–Trinajstić information content (AvgIpc) is 2.73. The van der Waals surface area contributed by atoms with Crippen molar-refractivity contribution in [1.82, 2.24) is 5.32 Å². The molecule has 0 atom stereocenters. The van der Waals surface area contributed by atoms with E-state index in [0.29, 0.717) is 15.4 Å². The van der Waals surface area contributed by atoms with E-state index in [9.17, 15) is 14.4 Å². The van der Waals surface area contributed by atoms with Gasteiger partial charge in [0.2, 0.25) is 5.91 Å². The molecule has 0 aliphatic carbocycles. The Kier molecular flexibility index (Phi) is 6.16. The lowest BCUT2D eigenvalue weighted by atomic mass is 9.96. The Bertz CT molecular complexity index is 636. The zero-order chi connectivity index (χ0) is 18.7. The van der Waals surface area contributed by atoms with Crippen LogP contribution in [0.5, 0.6) is 0 Å². The predicted octanol–water partition coefficient (Wildman–Crippen LogP) is 3.11. The molecule has 6 nitrogen and oxygen atoms in total. The van der Waals surface area contributed by atoms with Crippen LogP contribution in [0.25, 0.3) is 0 Å². The number of esters is 1. The van der Waals surface area contributed by atoms with Crippen LogP contribution in [-0.2, 0) is 14.3 Å². The molecule has 0 spiro atoms. The smallest absolute Gasteiger partial charge is 0.349 e. The van der Waals surface area contributed by atoms with Crippen LogP contribution in [0, 0.1) is 12.3 Å². The van der Waals surface area contributed by atoms with Gasteiger partial charge in [0, 0.05) is 11.0 Å². The molecule has 0 aliphatic heterocycles. The topological polar surface area (TPSA) is 84.5 Å². The fourth-order valence-electron chi connectivity index (χ4n) is 1.70. The van der Waals surface area contributed by atoms with Gasteiger partial charge in [-0.25, -0.2) is 4.79 Å². The summed E-state index contributed by atoms with van der Waals surface area (Å²) in [5.41, 5.74) is -0.207. The maximum Gasteiger partial charge on any atom is 0.349 e. The van der Waals surface area contributed by atoms with E-state index in [1.54, 1.807) is 13.0 Å². The first kappa shape index (κ1) is 20.2. The number of hydrogen-bond donors (Lipinski definition) is 2. The first-order valence-electron chi connectivity index (χ1n) is 7.69. The van der Waals surface area contributed by atoms with Crippen molar-refractivity contribution in [3.05, 3.63) is 16.5 Å². The molecular formula is C17H26N2O4S. The van der Waals surface area contributed by atoms with Gasteiger partial charge in [-0.05, 0) is 39.3 Å². The molecule has 0 unspecified atom stereocenters. The molecule has 1 aromatic heterocycles. The Labute approximate surface area is 147 Å². The number of thiophene rings is 1. The molecule has 2 N–H and O–H groups in total. The summed E-state index contributed by atoms with van der Waals surface area (Å²) in [4.78, 5) is 36.2. The summed E-state index contributed by atoms with van der Waals surface area (Å²) >= 11 is 1.14. The largest absolute Gasteiger partial charge is 0.451 e. The zero-order valence-electron chi connectivity index (χ0n) is 15.3. The van der Waals surface area contributed by atoms with Gasteiger partial charge in [-0.3, -0.25) is 9.59 Å². The lowest BCUT2D eigenvalue weighted by Crippen LogP contribution is -2.42. The molecule has 1 aromatic rings. The molecule has 0 bridgehead atoms. The number of carbonyl (C=O) groups is 3. The number of anilines is 1. The SMILES string of the molecule is Cc1cc(NC(=O)C(C)(C)C)sc1C(=O)OCC(=O)NC(C)(C)C. The predicted molar refractivity (Wildman–Crippen MR) is 95.3 cm³/mol. The average molecular weight is 354 g/mol. The van der Waals surface area contributed by atoms with Crippen molar-refractivity contribution in [2.24, 2.45) is 5.41 Å². The normalized spacial score (nSPS) is 11.8. The van der Waals surface area contributed by atoms with Crippen molar-refractivity contribution in [2.75, 3.05) is 11.9 Å². The molecule has 0 radical (unpaired) electrons. The summed E-state index contributed by atoms with van der Waals surface area (Å²) in [6.45, 7) is 12.4. The number of nitrogens with one attached hydrogen (secondary N) is 2. The third kappa shape index (κ3) is 6.31. The van der Waals surface area contributed by atoms with Crippen molar-refractivity contribution in [1.29, 1.82) is 0 Å². The molecule has 1 heterocycles. The van der Waals surface area contributed by atoms with Crippen molar-refractivity contribution in [3.63, 3.8) is 0 Å². The van der Waals surface area contributed by atoms with Gasteiger partial charge in [0.15, 0.2) is 6.61 Å². The van der Waals surface area contributed by atoms with E-state index in [0.717, 1.165) is 11.3 Å². The van der Waals surface area contributed by atoms with Crippen LogP contribution in [-0.4, -0.2) is 29.9 Å². The minimum atomic E-state index is -0.571. The number of ether oxygens (including phenoxy) is 1. The summed E-state index contributed by atoms with van der Waals surface area (Å²) in [6, 6.07) is 1.72. The highest BCUT2D eigenvalue weighted by Crippen LogP contribution is 2.29. The quantitative estimate of drug-likeness (QED) is 0.814. The van der Waals surface area contributed by atoms with E-state index in [4.69, 9.17) is 4.74 Å². The van der Waals surface area contributed by atoms with E-state index in [-0.39, 0.29) is 24.0 Å². The van der Waals surface area contributed by atoms with Crippen LogP contribution in [0.3, 0.4) is 0 Å². The van der Waals surface area contributed by atoms with Gasteiger partial charge in [0.1, 0.15) is 4.88 Å². The van der Waals surface area contributed by atoms with E-state index >= 15 is 0 Å². The molecule has 7 heteroatoms. The second-order valence-corrected chi connectivity index (χ2v) is 8.75. The molecule has 1 rings (SSSR count). The summed E-state index contributed by atoms with van der Waals surface area (Å²) in [6.07, 6.45) is 0. The summed E-state index contributed by atoms with van der Waals surface area (Å²) in [5, 5.41) is 6.09. The minimum absolute atomic E-state index is 0.131. The fraction of sp³-hybridized carbons (Fsp3) is 0.588. The maximum atomic E-state index is 12.1. The van der Waals surface area contributed by atoms with Gasteiger partial charge in [-0.2, -0.15) is 0 Å². The summed E-state index contributed by atoms with van der Waals surface area (Å²) in [5.74, 6) is -1.06. The molecule has 0 saturated carbocycles. The van der Waals surface area contributed by atoms with Gasteiger partial charge in [0.25, 0.3) is 5.91 Å². The number of carbonyl (C=O) groups excluding carboxylic acids is 3. The number of aryl methyl sites for hydroxylation is 1. The summed E-state index contributed by atoms with van der Waals surface area (Å²) < 4.78 is 5.05. The third-order valence-electron chi connectivity index (χ3n) is 2.87. The Balaban J connectivity index is 2.69. The Morgan fingerprint density at radius 2 is 1.71 bits per heavy atom.